The SMILES string of the molecule is CCc1ncc(CN2CCC(Cc3cccc(-c4cccs4)c3)(C(=O)N(C)C)C2)cn1. The number of benzene rings is 1. The molecule has 2 aromatic heterocycles. The first-order valence-corrected chi connectivity index (χ1v) is 11.7. The van der Waals surface area contributed by atoms with Crippen molar-refractivity contribution >= 4 is 17.2 Å². The predicted octanol–water partition coefficient (Wildman–Crippen LogP) is 4.29. The smallest absolute Gasteiger partial charge is 0.229 e. The topological polar surface area (TPSA) is 49.3 Å². The Kier molecular flexibility index (Phi) is 6.49. The third kappa shape index (κ3) is 4.86. The zero-order valence-electron chi connectivity index (χ0n) is 18.5. The van der Waals surface area contributed by atoms with Crippen LogP contribution in [0.2, 0.25) is 0 Å². The molecule has 1 fully saturated rings. The summed E-state index contributed by atoms with van der Waals surface area (Å²) in [5.74, 6) is 1.09. The normalized spacial score (nSPS) is 18.9. The summed E-state index contributed by atoms with van der Waals surface area (Å²) < 4.78 is 0. The maximum absolute atomic E-state index is 13.3. The summed E-state index contributed by atoms with van der Waals surface area (Å²) in [6.07, 6.45) is 6.30. The number of nitrogens with zero attached hydrogens (tertiary/aromatic N) is 4. The number of hydrogen-bond donors (Lipinski definition) is 0. The van der Waals surface area contributed by atoms with E-state index in [-0.39, 0.29) is 5.91 Å². The molecule has 31 heavy (non-hydrogen) atoms. The fourth-order valence-corrected chi connectivity index (χ4v) is 5.26. The molecule has 3 aromatic rings. The van der Waals surface area contributed by atoms with Crippen molar-refractivity contribution in [3.63, 3.8) is 0 Å². The second-order valence-electron chi connectivity index (χ2n) is 8.66. The first-order chi connectivity index (χ1) is 15.0. The lowest BCUT2D eigenvalue weighted by molar-refractivity contribution is -0.138. The van der Waals surface area contributed by atoms with Crippen LogP contribution in [0.5, 0.6) is 0 Å². The summed E-state index contributed by atoms with van der Waals surface area (Å²) >= 11 is 1.75. The van der Waals surface area contributed by atoms with Gasteiger partial charge in [-0.25, -0.2) is 9.97 Å². The average molecular weight is 435 g/mol. The standard InChI is InChI=1S/C25H30N4OS/c1-4-23-26-15-20(16-27-23)17-29-11-10-25(18-29,24(30)28(2)3)14-19-7-5-8-21(13-19)22-9-6-12-31-22/h5-9,12-13,15-16H,4,10-11,14,17-18H2,1-3H3. The Morgan fingerprint density at radius 2 is 1.97 bits per heavy atom. The minimum absolute atomic E-state index is 0.217. The van der Waals surface area contributed by atoms with E-state index in [0.717, 1.165) is 50.3 Å². The number of carbonyl (C=O) groups excluding carboxylic acids is 1. The van der Waals surface area contributed by atoms with Gasteiger partial charge in [0.15, 0.2) is 0 Å². The molecule has 1 saturated heterocycles. The number of hydrogen-bond acceptors (Lipinski definition) is 5. The number of aryl methyl sites for hydroxylation is 1. The molecule has 0 spiro atoms. The molecular formula is C25H30N4OS. The molecule has 1 atom stereocenters. The van der Waals surface area contributed by atoms with Crippen LogP contribution in [-0.4, -0.2) is 52.9 Å². The number of carbonyl (C=O) groups is 1. The zero-order valence-corrected chi connectivity index (χ0v) is 19.4. The average Bonchev–Trinajstić information content (AvgIpc) is 3.45. The van der Waals surface area contributed by atoms with E-state index >= 15 is 0 Å². The largest absolute Gasteiger partial charge is 0.348 e. The van der Waals surface area contributed by atoms with Crippen molar-refractivity contribution in [1.82, 2.24) is 19.8 Å². The van der Waals surface area contributed by atoms with Gasteiger partial charge in [0.1, 0.15) is 5.82 Å². The Labute approximate surface area is 188 Å². The Hall–Kier alpha value is -2.57. The molecule has 0 aliphatic carbocycles. The van der Waals surface area contributed by atoms with Gasteiger partial charge in [0, 0.05) is 56.4 Å². The molecule has 1 aliphatic heterocycles. The van der Waals surface area contributed by atoms with E-state index in [1.54, 1.807) is 16.2 Å². The molecule has 0 saturated carbocycles. The van der Waals surface area contributed by atoms with E-state index in [9.17, 15) is 4.79 Å². The Bertz CT molecular complexity index is 1020. The molecular weight excluding hydrogens is 404 g/mol. The Morgan fingerprint density at radius 1 is 1.16 bits per heavy atom. The highest BCUT2D eigenvalue weighted by atomic mass is 32.1. The van der Waals surface area contributed by atoms with Crippen molar-refractivity contribution in [3.8, 4) is 10.4 Å². The molecule has 1 aliphatic rings. The summed E-state index contributed by atoms with van der Waals surface area (Å²) in [7, 11) is 3.73. The maximum atomic E-state index is 13.3. The van der Waals surface area contributed by atoms with E-state index < -0.39 is 5.41 Å². The van der Waals surface area contributed by atoms with Crippen LogP contribution in [0.25, 0.3) is 10.4 Å². The quantitative estimate of drug-likeness (QED) is 0.557. The zero-order chi connectivity index (χ0) is 21.8. The molecule has 0 radical (unpaired) electrons. The second kappa shape index (κ2) is 9.28. The van der Waals surface area contributed by atoms with E-state index in [2.05, 4.69) is 63.6 Å². The number of thiophene rings is 1. The van der Waals surface area contributed by atoms with Crippen molar-refractivity contribution in [2.45, 2.75) is 32.7 Å². The predicted molar refractivity (Wildman–Crippen MR) is 126 cm³/mol. The van der Waals surface area contributed by atoms with E-state index in [0.29, 0.717) is 0 Å². The van der Waals surface area contributed by atoms with E-state index in [1.165, 1.54) is 16.0 Å². The lowest BCUT2D eigenvalue weighted by Crippen LogP contribution is -2.43. The maximum Gasteiger partial charge on any atom is 0.229 e. The molecule has 3 heterocycles. The molecule has 1 amide bonds. The van der Waals surface area contributed by atoms with Gasteiger partial charge in [-0.1, -0.05) is 37.3 Å². The minimum Gasteiger partial charge on any atom is -0.348 e. The lowest BCUT2D eigenvalue weighted by atomic mass is 9.79. The third-order valence-electron chi connectivity index (χ3n) is 6.05. The summed E-state index contributed by atoms with van der Waals surface area (Å²) in [5.41, 5.74) is 3.15. The highest BCUT2D eigenvalue weighted by Gasteiger charge is 2.45. The van der Waals surface area contributed by atoms with Crippen molar-refractivity contribution < 1.29 is 4.79 Å². The van der Waals surface area contributed by atoms with Gasteiger partial charge >= 0.3 is 0 Å². The van der Waals surface area contributed by atoms with Crippen LogP contribution in [-0.2, 0) is 24.2 Å². The summed E-state index contributed by atoms with van der Waals surface area (Å²) in [4.78, 5) is 27.6. The van der Waals surface area contributed by atoms with Crippen LogP contribution >= 0.6 is 11.3 Å². The molecule has 5 nitrogen and oxygen atoms in total. The van der Waals surface area contributed by atoms with Crippen molar-refractivity contribution in [2.75, 3.05) is 27.2 Å². The number of likely N-dealkylation sites (tertiary alicyclic amines) is 1. The molecule has 162 valence electrons. The highest BCUT2D eigenvalue weighted by Crippen LogP contribution is 2.37. The van der Waals surface area contributed by atoms with Gasteiger partial charge in [-0.2, -0.15) is 0 Å². The molecule has 1 unspecified atom stereocenters. The van der Waals surface area contributed by atoms with Gasteiger partial charge in [-0.05, 0) is 42.0 Å². The molecule has 6 heteroatoms. The van der Waals surface area contributed by atoms with E-state index in [4.69, 9.17) is 0 Å². The van der Waals surface area contributed by atoms with Crippen LogP contribution < -0.4 is 0 Å². The van der Waals surface area contributed by atoms with Crippen LogP contribution in [0.15, 0.2) is 54.2 Å². The fourth-order valence-electron chi connectivity index (χ4n) is 4.53. The molecule has 0 bridgehead atoms. The van der Waals surface area contributed by atoms with Gasteiger partial charge in [-0.15, -0.1) is 11.3 Å². The monoisotopic (exact) mass is 434 g/mol. The summed E-state index contributed by atoms with van der Waals surface area (Å²) in [5, 5.41) is 2.10. The molecule has 4 rings (SSSR count). The summed E-state index contributed by atoms with van der Waals surface area (Å²) in [6, 6.07) is 12.9. The van der Waals surface area contributed by atoms with Crippen LogP contribution in [0.3, 0.4) is 0 Å². The number of amides is 1. The molecule has 1 aromatic carbocycles. The van der Waals surface area contributed by atoms with Crippen LogP contribution in [0.1, 0.15) is 30.3 Å². The fraction of sp³-hybridized carbons (Fsp3) is 0.400. The second-order valence-corrected chi connectivity index (χ2v) is 9.60. The van der Waals surface area contributed by atoms with Gasteiger partial charge in [-0.3, -0.25) is 9.69 Å². The number of aromatic nitrogens is 2. The van der Waals surface area contributed by atoms with Gasteiger partial charge in [0.2, 0.25) is 5.91 Å². The first kappa shape index (κ1) is 21.7. The van der Waals surface area contributed by atoms with Crippen molar-refractivity contribution in [3.05, 3.63) is 71.1 Å². The van der Waals surface area contributed by atoms with Crippen molar-refractivity contribution in [1.29, 1.82) is 0 Å². The highest BCUT2D eigenvalue weighted by molar-refractivity contribution is 7.13. The molecule has 0 N–H and O–H groups in total. The lowest BCUT2D eigenvalue weighted by Gasteiger charge is -2.31. The van der Waals surface area contributed by atoms with Gasteiger partial charge in [0.25, 0.3) is 0 Å². The van der Waals surface area contributed by atoms with E-state index in [1.807, 2.05) is 26.5 Å². The van der Waals surface area contributed by atoms with Crippen LogP contribution in [0.4, 0.5) is 0 Å². The first-order valence-electron chi connectivity index (χ1n) is 10.9. The van der Waals surface area contributed by atoms with Crippen LogP contribution in [0, 0.1) is 5.41 Å². The number of rotatable bonds is 7. The third-order valence-corrected chi connectivity index (χ3v) is 6.97. The van der Waals surface area contributed by atoms with Crippen molar-refractivity contribution in [2.24, 2.45) is 5.41 Å². The van der Waals surface area contributed by atoms with Gasteiger partial charge in [0.05, 0.1) is 5.41 Å². The Morgan fingerprint density at radius 3 is 2.65 bits per heavy atom. The summed E-state index contributed by atoms with van der Waals surface area (Å²) in [6.45, 7) is 4.49. The minimum atomic E-state index is -0.401. The van der Waals surface area contributed by atoms with Gasteiger partial charge < -0.3 is 4.90 Å². The Balaban J connectivity index is 1.54.